The van der Waals surface area contributed by atoms with E-state index in [2.05, 4.69) is 0 Å². The topological polar surface area (TPSA) is 20.3 Å². The number of hydrogen-bond donors (Lipinski definition) is 0. The van der Waals surface area contributed by atoms with Crippen LogP contribution in [0, 0.1) is 0 Å². The first kappa shape index (κ1) is 8.82. The van der Waals surface area contributed by atoms with Crippen molar-refractivity contribution in [3.63, 3.8) is 0 Å². The Labute approximate surface area is 60.6 Å². The summed E-state index contributed by atoms with van der Waals surface area (Å²) in [5.74, 6) is 0.968. The summed E-state index contributed by atoms with van der Waals surface area (Å²) in [7, 11) is 1.82. The molecule has 0 saturated carbocycles. The van der Waals surface area contributed by atoms with E-state index in [4.69, 9.17) is 0 Å². The molecule has 54 valence electrons. The molecule has 0 bridgehead atoms. The lowest BCUT2D eigenvalue weighted by atomic mass is 10.7. The summed E-state index contributed by atoms with van der Waals surface area (Å²) in [4.78, 5) is 12.2. The molecule has 1 saturated heterocycles. The number of nitrogens with zero attached hydrogens (tertiary/aromatic N) is 1. The second-order valence-electron chi connectivity index (χ2n) is 1.54. The number of thioether (sulfide) groups is 1. The van der Waals surface area contributed by atoms with E-state index >= 15 is 0 Å². The monoisotopic (exact) mass is 147 g/mol. The fourth-order valence-electron chi connectivity index (χ4n) is 0.471. The van der Waals surface area contributed by atoms with Crippen LogP contribution >= 0.6 is 11.8 Å². The fraction of sp³-hybridized carbons (Fsp3) is 0.833. The molecule has 0 N–H and O–H groups in total. The van der Waals surface area contributed by atoms with E-state index in [1.807, 2.05) is 20.9 Å². The Bertz CT molecular complexity index is 95.1. The smallest absolute Gasteiger partial charge is 0.281 e. The predicted octanol–water partition coefficient (Wildman–Crippen LogP) is 1.81. The van der Waals surface area contributed by atoms with Gasteiger partial charge in [0.2, 0.25) is 0 Å². The van der Waals surface area contributed by atoms with Gasteiger partial charge in [0.15, 0.2) is 0 Å². The van der Waals surface area contributed by atoms with Crippen molar-refractivity contribution in [1.82, 2.24) is 4.90 Å². The van der Waals surface area contributed by atoms with E-state index in [0.29, 0.717) is 0 Å². The van der Waals surface area contributed by atoms with Crippen molar-refractivity contribution in [3.05, 3.63) is 0 Å². The lowest BCUT2D eigenvalue weighted by Crippen LogP contribution is -2.15. The van der Waals surface area contributed by atoms with Crippen LogP contribution in [0.25, 0.3) is 0 Å². The molecule has 1 heterocycles. The second kappa shape index (κ2) is 4.68. The molecule has 0 aliphatic carbocycles. The Morgan fingerprint density at radius 3 is 2.22 bits per heavy atom. The molecule has 0 aromatic heterocycles. The quantitative estimate of drug-likeness (QED) is 0.521. The maximum absolute atomic E-state index is 10.5. The molecular formula is C6H13NOS. The van der Waals surface area contributed by atoms with Crippen LogP contribution in [0.3, 0.4) is 0 Å². The van der Waals surface area contributed by atoms with Crippen molar-refractivity contribution in [1.29, 1.82) is 0 Å². The summed E-state index contributed by atoms with van der Waals surface area (Å²) in [6.45, 7) is 4.92. The highest BCUT2D eigenvalue weighted by Crippen LogP contribution is 2.13. The molecule has 3 heteroatoms. The van der Waals surface area contributed by atoms with Gasteiger partial charge in [0.1, 0.15) is 0 Å². The van der Waals surface area contributed by atoms with Crippen LogP contribution in [0.5, 0.6) is 0 Å². The third-order valence-corrected chi connectivity index (χ3v) is 1.91. The summed E-state index contributed by atoms with van der Waals surface area (Å²) < 4.78 is 0. The van der Waals surface area contributed by atoms with Gasteiger partial charge in [-0.2, -0.15) is 0 Å². The van der Waals surface area contributed by atoms with Gasteiger partial charge in [-0.15, -0.1) is 0 Å². The third kappa shape index (κ3) is 2.75. The molecule has 0 radical (unpaired) electrons. The van der Waals surface area contributed by atoms with Crippen molar-refractivity contribution in [2.75, 3.05) is 19.3 Å². The predicted molar refractivity (Wildman–Crippen MR) is 41.8 cm³/mol. The fourth-order valence-corrected chi connectivity index (χ4v) is 1.32. The molecule has 1 aliphatic rings. The zero-order valence-electron chi connectivity index (χ0n) is 6.18. The van der Waals surface area contributed by atoms with Crippen LogP contribution in [-0.2, 0) is 0 Å². The minimum atomic E-state index is 0.208. The van der Waals surface area contributed by atoms with Gasteiger partial charge in [0, 0.05) is 19.3 Å². The van der Waals surface area contributed by atoms with Crippen LogP contribution in [0.15, 0.2) is 0 Å². The highest BCUT2D eigenvalue weighted by atomic mass is 32.2. The Morgan fingerprint density at radius 2 is 2.11 bits per heavy atom. The number of hydrogen-bond acceptors (Lipinski definition) is 2. The minimum absolute atomic E-state index is 0.208. The molecule has 1 amide bonds. The average Bonchev–Trinajstić information content (AvgIpc) is 2.23. The van der Waals surface area contributed by atoms with Gasteiger partial charge in [0.25, 0.3) is 5.24 Å². The summed E-state index contributed by atoms with van der Waals surface area (Å²) >= 11 is 1.39. The van der Waals surface area contributed by atoms with Gasteiger partial charge in [0.05, 0.1) is 0 Å². The van der Waals surface area contributed by atoms with E-state index in [1.165, 1.54) is 11.8 Å². The summed E-state index contributed by atoms with van der Waals surface area (Å²) in [6, 6.07) is 0. The molecule has 1 aliphatic heterocycles. The molecule has 0 atom stereocenters. The average molecular weight is 147 g/mol. The maximum Gasteiger partial charge on any atom is 0.281 e. The SMILES string of the molecule is CC.CN1CCSC1=O. The van der Waals surface area contributed by atoms with Crippen molar-refractivity contribution in [2.45, 2.75) is 13.8 Å². The number of carbonyl (C=O) groups excluding carboxylic acids is 1. The van der Waals surface area contributed by atoms with E-state index in [1.54, 1.807) is 4.90 Å². The first-order valence-corrected chi connectivity index (χ1v) is 4.17. The van der Waals surface area contributed by atoms with E-state index < -0.39 is 0 Å². The minimum Gasteiger partial charge on any atom is -0.336 e. The Kier molecular flexibility index (Phi) is 4.58. The Morgan fingerprint density at radius 1 is 1.56 bits per heavy atom. The first-order valence-electron chi connectivity index (χ1n) is 3.18. The zero-order chi connectivity index (χ0) is 7.28. The van der Waals surface area contributed by atoms with E-state index in [-0.39, 0.29) is 5.24 Å². The molecular weight excluding hydrogens is 134 g/mol. The molecule has 9 heavy (non-hydrogen) atoms. The van der Waals surface area contributed by atoms with Gasteiger partial charge in [-0.05, 0) is 0 Å². The third-order valence-electron chi connectivity index (χ3n) is 0.964. The second-order valence-corrected chi connectivity index (χ2v) is 2.58. The Balaban J connectivity index is 0.000000291. The van der Waals surface area contributed by atoms with Gasteiger partial charge in [-0.1, -0.05) is 25.6 Å². The summed E-state index contributed by atoms with van der Waals surface area (Å²) in [5.41, 5.74) is 0. The standard InChI is InChI=1S/C4H7NOS.C2H6/c1-5-2-3-7-4(5)6;1-2/h2-3H2,1H3;1-2H3. The van der Waals surface area contributed by atoms with Crippen LogP contribution in [0.1, 0.15) is 13.8 Å². The van der Waals surface area contributed by atoms with Crippen molar-refractivity contribution in [3.8, 4) is 0 Å². The summed E-state index contributed by atoms with van der Waals surface area (Å²) in [6.07, 6.45) is 0. The lowest BCUT2D eigenvalue weighted by molar-refractivity contribution is 0.239. The number of amides is 1. The van der Waals surface area contributed by atoms with E-state index in [0.717, 1.165) is 12.3 Å². The van der Waals surface area contributed by atoms with Crippen LogP contribution in [0.4, 0.5) is 4.79 Å². The lowest BCUT2D eigenvalue weighted by Gasteiger charge is -2.01. The van der Waals surface area contributed by atoms with Crippen molar-refractivity contribution >= 4 is 17.0 Å². The van der Waals surface area contributed by atoms with Crippen LogP contribution < -0.4 is 0 Å². The number of carbonyl (C=O) groups is 1. The first-order chi connectivity index (χ1) is 4.30. The molecule has 1 fully saturated rings. The molecule has 0 spiro atoms. The molecule has 0 unspecified atom stereocenters. The van der Waals surface area contributed by atoms with Crippen molar-refractivity contribution < 1.29 is 4.79 Å². The highest BCUT2D eigenvalue weighted by molar-refractivity contribution is 8.13. The van der Waals surface area contributed by atoms with Gasteiger partial charge in [-0.3, -0.25) is 4.79 Å². The van der Waals surface area contributed by atoms with Gasteiger partial charge >= 0.3 is 0 Å². The van der Waals surface area contributed by atoms with Gasteiger partial charge < -0.3 is 4.90 Å². The van der Waals surface area contributed by atoms with Crippen LogP contribution in [0.2, 0.25) is 0 Å². The Hall–Kier alpha value is -0.180. The zero-order valence-corrected chi connectivity index (χ0v) is 6.99. The number of rotatable bonds is 0. The maximum atomic E-state index is 10.5. The summed E-state index contributed by atoms with van der Waals surface area (Å²) in [5, 5.41) is 0.208. The van der Waals surface area contributed by atoms with Gasteiger partial charge in [-0.25, -0.2) is 0 Å². The molecule has 2 nitrogen and oxygen atoms in total. The molecule has 0 aromatic carbocycles. The highest BCUT2D eigenvalue weighted by Gasteiger charge is 2.15. The molecule has 0 aromatic rings. The van der Waals surface area contributed by atoms with Crippen LogP contribution in [-0.4, -0.2) is 29.5 Å². The normalized spacial score (nSPS) is 17.2. The largest absolute Gasteiger partial charge is 0.336 e. The molecule has 1 rings (SSSR count). The van der Waals surface area contributed by atoms with E-state index in [9.17, 15) is 4.79 Å². The van der Waals surface area contributed by atoms with Crippen molar-refractivity contribution in [2.24, 2.45) is 0 Å².